The molecule has 2 aliphatic carbocycles. The molecule has 10 N–H and O–H groups in total. The Morgan fingerprint density at radius 2 is 1.04 bits per heavy atom. The van der Waals surface area contributed by atoms with E-state index in [4.69, 9.17) is 121 Å². The topological polar surface area (TPSA) is 519 Å². The smallest absolute Gasteiger partial charge is 0.415 e. The molecule has 131 heavy (non-hydrogen) atoms. The molecule has 6 saturated heterocycles. The van der Waals surface area contributed by atoms with Crippen LogP contribution < -0.4 is 59.0 Å². The monoisotopic (exact) mass is 1870 g/mol. The van der Waals surface area contributed by atoms with E-state index in [1.54, 1.807) is 70.3 Å². The second-order valence-corrected chi connectivity index (χ2v) is 32.4. The summed E-state index contributed by atoms with van der Waals surface area (Å²) in [7, 11) is 8.12. The number of rotatable bonds is 44. The zero-order valence-electron chi connectivity index (χ0n) is 75.3. The fourth-order valence-corrected chi connectivity index (χ4v) is 17.1. The van der Waals surface area contributed by atoms with Crippen molar-refractivity contribution in [3.63, 3.8) is 0 Å². The Morgan fingerprint density at radius 3 is 1.60 bits per heavy atom. The highest BCUT2D eigenvalue weighted by Crippen LogP contribution is 2.59. The van der Waals surface area contributed by atoms with Gasteiger partial charge in [-0.25, -0.2) is 9.59 Å². The van der Waals surface area contributed by atoms with E-state index in [-0.39, 0.29) is 175 Å². The molecule has 4 aromatic carbocycles. The van der Waals surface area contributed by atoms with Crippen LogP contribution in [0.2, 0.25) is 0 Å². The second-order valence-electron chi connectivity index (χ2n) is 32.4. The van der Waals surface area contributed by atoms with E-state index >= 15 is 0 Å². The lowest BCUT2D eigenvalue weighted by Gasteiger charge is -2.47. The van der Waals surface area contributed by atoms with Crippen molar-refractivity contribution < 1.29 is 179 Å². The molecule has 0 radical (unpaired) electrons. The van der Waals surface area contributed by atoms with Crippen molar-refractivity contribution in [3.05, 3.63) is 87.0 Å². The summed E-state index contributed by atoms with van der Waals surface area (Å²) >= 11 is 0. The summed E-state index contributed by atoms with van der Waals surface area (Å²) in [5.74, 6) is -3.18. The number of aliphatic hydroxyl groups is 6. The zero-order chi connectivity index (χ0) is 94.2. The number of benzene rings is 4. The Kier molecular flexibility index (Phi) is 37.5. The van der Waals surface area contributed by atoms with Gasteiger partial charge in [-0.05, 0) is 104 Å². The second kappa shape index (κ2) is 49.1. The van der Waals surface area contributed by atoms with Crippen LogP contribution in [0.5, 0.6) is 51.7 Å². The van der Waals surface area contributed by atoms with E-state index in [0.29, 0.717) is 136 Å². The number of ketones is 3. The molecular formula is C88H122N5O37P. The van der Waals surface area contributed by atoms with Gasteiger partial charge in [-0.15, -0.1) is 9.24 Å². The maximum absolute atomic E-state index is 13.8. The fourth-order valence-electron chi connectivity index (χ4n) is 17.1. The molecule has 0 aromatic heterocycles. The van der Waals surface area contributed by atoms with Crippen molar-refractivity contribution in [2.75, 3.05) is 200 Å². The summed E-state index contributed by atoms with van der Waals surface area (Å²) < 4.78 is 144. The number of fused-ring (bicyclic) bond motifs is 8. The number of nitrogens with zero attached hydrogens (tertiary/aromatic N) is 2. The van der Waals surface area contributed by atoms with Crippen molar-refractivity contribution in [1.82, 2.24) is 20.4 Å². The number of hydrogen-bond acceptors (Lipinski definition) is 40. The number of carbonyl (C=O) groups excluding carboxylic acids is 7. The minimum absolute atomic E-state index is 0.000830. The van der Waals surface area contributed by atoms with Gasteiger partial charge in [0.15, 0.2) is 64.9 Å². The number of cyclic esters (lactones) is 2. The van der Waals surface area contributed by atoms with Crippen LogP contribution in [0.25, 0.3) is 0 Å². The van der Waals surface area contributed by atoms with Crippen molar-refractivity contribution in [2.24, 2.45) is 29.4 Å². The van der Waals surface area contributed by atoms with Crippen LogP contribution in [0.15, 0.2) is 42.5 Å². The van der Waals surface area contributed by atoms with Gasteiger partial charge in [0.1, 0.15) is 73.6 Å². The standard InChI is InChI=1S/C45H60N2O19.C42H57N3O18.CH5P/c1-24(48)7-6-10-56-11-12-57-13-14-58-20-27(49)19-46-8-9-47(3)45(53)66-41-33(54-4)15-26(16-34(41)55-5)36-28-17-31-32(62-23-61-31)18-29(28)40(30-21-60-43(52)37(30)36)65-44-39(51)38(50)42-35(64-44)22-59-25(2)63-42;1-22-56-20-31-38(60-22)34(49)35(50)41(61-31)62-37-29-13-26-18-57-40(51)33(26)32(28(29)14-30-39(37)59-21-58-30)23-11-24(16-46)36(25(12-23)17-47)63-42(52)45(2)5-4-44-15-27(48)19-55-10-9-54-8-7-53-6-3-43;1-2/h15-18,25,30,35-40,42,44,46,50-51H,6-14,19-23H2,1-5H3;11-12,14,22,26,31-35,38,41,44,46-47,49-50H,3-10,13,15-21,43H2,1-2H3;2H2,1H3/t25?,30-,35?,36+,37-,38?,39?,40+,42?,44?;22?,26-,31?,32+,33-,34?,35?,38?,41?;/m10./s1/i;;1D. The van der Waals surface area contributed by atoms with Gasteiger partial charge in [0.25, 0.3) is 0 Å². The Labute approximate surface area is 760 Å². The molecule has 42 nitrogen and oxygen atoms in total. The lowest BCUT2D eigenvalue weighted by atomic mass is 9.66. The number of nitrogens with two attached hydrogens (primary N) is 1. The number of ether oxygens (including phenoxy) is 24. The van der Waals surface area contributed by atoms with Crippen LogP contribution >= 0.6 is 9.24 Å². The normalized spacial score (nSPS) is 26.9. The van der Waals surface area contributed by atoms with Crippen molar-refractivity contribution in [2.45, 2.75) is 145 Å². The van der Waals surface area contributed by atoms with Crippen molar-refractivity contribution >= 4 is 50.7 Å². The molecule has 0 spiro atoms. The van der Waals surface area contributed by atoms with E-state index in [0.717, 1.165) is 0 Å². The highest BCUT2D eigenvalue weighted by atomic mass is 31.0. The highest BCUT2D eigenvalue weighted by Gasteiger charge is 2.58. The SMILES string of the molecule is CC1OCC2OC(Oc3c4c(cc5c3OCO5)[C@@H](c3cc(CO)c(OC(=O)N(C)CCNCC(=O)COCCOCCOCCN)c(CO)c3)[C@H]3C(=O)OC[C@@H]3C4)C(O)C(O)C2O1.COc1cc([C@H]2c3cc4c(cc3[C@H](OC3OC5COC(C)OC5C(O)C3O)[C@@H]3COC(=O)[C@@H]23)OCO4)cc(OC)c1OC(=O)N(C)CCNCC(=O)COCCOCCOCCCC(C)=O.[2H]CP. The van der Waals surface area contributed by atoms with Crippen LogP contribution in [0, 0.1) is 23.7 Å². The van der Waals surface area contributed by atoms with E-state index in [9.17, 15) is 64.2 Å². The molecule has 4 aromatic rings. The number of aliphatic hydroxyl groups excluding tert-OH is 6. The van der Waals surface area contributed by atoms with E-state index in [1.165, 1.54) is 31.1 Å². The first-order chi connectivity index (χ1) is 63.8. The molecule has 14 rings (SSSR count). The Bertz CT molecular complexity index is 4470. The van der Waals surface area contributed by atoms with Gasteiger partial charge in [-0.3, -0.25) is 19.2 Å². The van der Waals surface area contributed by atoms with Crippen LogP contribution in [-0.2, 0) is 115 Å². The number of carbonyl (C=O) groups is 7. The molecule has 8 aliphatic heterocycles. The van der Waals surface area contributed by atoms with Crippen LogP contribution in [0.3, 0.4) is 0 Å². The number of likely N-dealkylation sites (N-methyl/N-ethyl adjacent to an activating group) is 2. The third-order valence-corrected chi connectivity index (χ3v) is 23.5. The average Bonchev–Trinajstić information content (AvgIpc) is 1.49. The molecule has 0 saturated carbocycles. The number of methoxy groups -OCH3 is 2. The minimum Gasteiger partial charge on any atom is -0.493 e. The Balaban J connectivity index is 0.000000232. The van der Waals surface area contributed by atoms with Gasteiger partial charge in [0.2, 0.25) is 31.4 Å². The van der Waals surface area contributed by atoms with E-state index < -0.39 is 147 Å². The molecule has 8 heterocycles. The van der Waals surface area contributed by atoms with Gasteiger partial charge in [-0.1, -0.05) is 6.64 Å². The summed E-state index contributed by atoms with van der Waals surface area (Å²) in [6.45, 7) is 9.10. The van der Waals surface area contributed by atoms with E-state index in [2.05, 4.69) is 19.9 Å². The van der Waals surface area contributed by atoms with E-state index in [1.807, 2.05) is 0 Å². The maximum Gasteiger partial charge on any atom is 0.415 e. The number of esters is 2. The fraction of sp³-hybridized carbons (Fsp3) is 0.648. The number of Topliss-reactive ketones (excluding diaryl/α,β-unsaturated/α-hetero) is 3. The summed E-state index contributed by atoms with van der Waals surface area (Å²) in [6.07, 6.45) is -13.7. The molecule has 43 heteroatoms. The quantitative estimate of drug-likeness (QED) is 0.0171. The summed E-state index contributed by atoms with van der Waals surface area (Å²) in [5.41, 5.74) is 9.23. The Hall–Kier alpha value is -8.48. The first-order valence-electron chi connectivity index (χ1n) is 44.2. The van der Waals surface area contributed by atoms with Crippen LogP contribution in [0.4, 0.5) is 9.59 Å². The Morgan fingerprint density at radius 1 is 0.557 bits per heavy atom. The summed E-state index contributed by atoms with van der Waals surface area (Å²) in [6, 6.07) is 11.9. The van der Waals surface area contributed by atoms with Crippen molar-refractivity contribution in [1.29, 1.82) is 0 Å². The molecule has 6 fully saturated rings. The largest absolute Gasteiger partial charge is 0.493 e. The van der Waals surface area contributed by atoms with Gasteiger partial charge in [0, 0.05) is 102 Å². The van der Waals surface area contributed by atoms with Crippen LogP contribution in [-0.4, -0.2) is 356 Å². The lowest BCUT2D eigenvalue weighted by molar-refractivity contribution is -0.364. The summed E-state index contributed by atoms with van der Waals surface area (Å²) in [5, 5.41) is 71.8. The molecule has 726 valence electrons. The molecule has 10 aliphatic rings. The minimum atomic E-state index is -1.52. The van der Waals surface area contributed by atoms with Crippen LogP contribution in [0.1, 0.15) is 97.4 Å². The molecule has 20 atom stereocenters. The zero-order valence-corrected chi connectivity index (χ0v) is 75.5. The summed E-state index contributed by atoms with van der Waals surface area (Å²) in [4.78, 5) is 92.1. The van der Waals surface area contributed by atoms with Gasteiger partial charge >= 0.3 is 24.1 Å². The lowest BCUT2D eigenvalue weighted by Crippen LogP contribution is -2.63. The van der Waals surface area contributed by atoms with Gasteiger partial charge < -0.3 is 175 Å². The predicted molar refractivity (Wildman–Crippen MR) is 455 cm³/mol. The van der Waals surface area contributed by atoms with Crippen molar-refractivity contribution in [3.8, 4) is 51.7 Å². The van der Waals surface area contributed by atoms with Gasteiger partial charge in [0.05, 0.1) is 144 Å². The molecule has 2 amide bonds. The molecular weight excluding hydrogens is 1750 g/mol. The van der Waals surface area contributed by atoms with Gasteiger partial charge in [-0.2, -0.15) is 0 Å². The first kappa shape index (κ1) is 100.0. The third-order valence-electron chi connectivity index (χ3n) is 23.5. The molecule has 13 unspecified atom stereocenters. The number of hydrogen-bond donors (Lipinski definition) is 9. The first-order valence-corrected chi connectivity index (χ1v) is 44.3. The third kappa shape index (κ3) is 25.2. The molecule has 0 bridgehead atoms. The number of amides is 2. The maximum atomic E-state index is 13.8. The highest BCUT2D eigenvalue weighted by molar-refractivity contribution is 7.15. The predicted octanol–water partition coefficient (Wildman–Crippen LogP) is 1.19. The average molecular weight is 1870 g/mol. The number of nitrogens with one attached hydrogen (secondary N) is 2.